The number of nitrogens with one attached hydrogen (secondary N) is 1. The van der Waals surface area contributed by atoms with Gasteiger partial charge >= 0.3 is 5.97 Å². The summed E-state index contributed by atoms with van der Waals surface area (Å²) in [4.78, 5) is 32.9. The predicted molar refractivity (Wildman–Crippen MR) is 114 cm³/mol. The number of pyridine rings is 2. The molecule has 0 saturated carbocycles. The van der Waals surface area contributed by atoms with Crippen LogP contribution in [0.5, 0.6) is 0 Å². The highest BCUT2D eigenvalue weighted by atomic mass is 16.4. The van der Waals surface area contributed by atoms with Crippen molar-refractivity contribution < 1.29 is 14.7 Å². The third kappa shape index (κ3) is 4.07. The van der Waals surface area contributed by atoms with Gasteiger partial charge in [-0.05, 0) is 35.9 Å². The van der Waals surface area contributed by atoms with Gasteiger partial charge in [-0.3, -0.25) is 14.8 Å². The van der Waals surface area contributed by atoms with E-state index >= 15 is 0 Å². The number of carbonyl (C=O) groups is 2. The highest BCUT2D eigenvalue weighted by molar-refractivity contribution is 6.08. The Labute approximate surface area is 172 Å². The summed E-state index contributed by atoms with van der Waals surface area (Å²) >= 11 is 0. The van der Waals surface area contributed by atoms with Crippen molar-refractivity contribution >= 4 is 17.6 Å². The van der Waals surface area contributed by atoms with Gasteiger partial charge in [0.25, 0.3) is 5.91 Å². The number of anilines is 1. The van der Waals surface area contributed by atoms with Crippen molar-refractivity contribution in [1.82, 2.24) is 9.97 Å². The van der Waals surface area contributed by atoms with E-state index in [-0.39, 0.29) is 11.3 Å². The summed E-state index contributed by atoms with van der Waals surface area (Å²) in [5.74, 6) is -1.57. The minimum Gasteiger partial charge on any atom is -0.478 e. The fourth-order valence-corrected chi connectivity index (χ4v) is 3.07. The molecule has 0 spiro atoms. The molecule has 0 aliphatic carbocycles. The Kier molecular flexibility index (Phi) is 5.30. The van der Waals surface area contributed by atoms with Crippen molar-refractivity contribution in [3.63, 3.8) is 0 Å². The molecule has 4 aromatic rings. The molecule has 4 rings (SSSR count). The maximum Gasteiger partial charge on any atom is 0.337 e. The molecule has 2 heterocycles. The zero-order valence-electron chi connectivity index (χ0n) is 15.8. The van der Waals surface area contributed by atoms with Crippen molar-refractivity contribution in [2.45, 2.75) is 0 Å². The molecule has 30 heavy (non-hydrogen) atoms. The summed E-state index contributed by atoms with van der Waals surface area (Å²) in [6, 6.07) is 21.5. The van der Waals surface area contributed by atoms with E-state index in [0.29, 0.717) is 16.8 Å². The van der Waals surface area contributed by atoms with Gasteiger partial charge in [-0.15, -0.1) is 0 Å². The Morgan fingerprint density at radius 1 is 0.800 bits per heavy atom. The van der Waals surface area contributed by atoms with Crippen molar-refractivity contribution in [1.29, 1.82) is 0 Å². The van der Waals surface area contributed by atoms with Gasteiger partial charge in [0.05, 0.1) is 22.5 Å². The van der Waals surface area contributed by atoms with Crippen LogP contribution in [0.3, 0.4) is 0 Å². The van der Waals surface area contributed by atoms with E-state index in [1.54, 1.807) is 36.7 Å². The molecule has 2 aromatic carbocycles. The van der Waals surface area contributed by atoms with E-state index in [0.717, 1.165) is 11.1 Å². The van der Waals surface area contributed by atoms with E-state index in [4.69, 9.17) is 0 Å². The summed E-state index contributed by atoms with van der Waals surface area (Å²) in [6.07, 6.45) is 4.78. The van der Waals surface area contributed by atoms with Crippen LogP contribution in [0.1, 0.15) is 20.7 Å². The first-order valence-corrected chi connectivity index (χ1v) is 9.22. The molecule has 0 radical (unpaired) electrons. The Morgan fingerprint density at radius 3 is 2.33 bits per heavy atom. The van der Waals surface area contributed by atoms with Crippen LogP contribution < -0.4 is 5.32 Å². The quantitative estimate of drug-likeness (QED) is 0.508. The molecule has 6 nitrogen and oxygen atoms in total. The number of aromatic carboxylic acids is 1. The van der Waals surface area contributed by atoms with Crippen LogP contribution in [-0.2, 0) is 0 Å². The summed E-state index contributed by atoms with van der Waals surface area (Å²) in [6.45, 7) is 0. The molecule has 2 N–H and O–H groups in total. The molecular weight excluding hydrogens is 378 g/mol. The number of nitrogens with zero attached hydrogens (tertiary/aromatic N) is 2. The predicted octanol–water partition coefficient (Wildman–Crippen LogP) is 4.76. The van der Waals surface area contributed by atoms with Crippen LogP contribution in [0, 0.1) is 0 Å². The van der Waals surface area contributed by atoms with E-state index in [9.17, 15) is 14.7 Å². The minimum absolute atomic E-state index is 0.00444. The molecule has 2 aromatic heterocycles. The Morgan fingerprint density at radius 2 is 1.60 bits per heavy atom. The number of carboxylic acids is 1. The summed E-state index contributed by atoms with van der Waals surface area (Å²) in [5.41, 5.74) is 3.63. The first-order valence-electron chi connectivity index (χ1n) is 9.22. The van der Waals surface area contributed by atoms with Gasteiger partial charge in [0.2, 0.25) is 0 Å². The first-order chi connectivity index (χ1) is 14.6. The second-order valence-electron chi connectivity index (χ2n) is 6.56. The minimum atomic E-state index is -1.13. The van der Waals surface area contributed by atoms with E-state index < -0.39 is 11.9 Å². The lowest BCUT2D eigenvalue weighted by Gasteiger charge is -2.11. The lowest BCUT2D eigenvalue weighted by atomic mass is 10.0. The van der Waals surface area contributed by atoms with Crippen molar-refractivity contribution in [2.24, 2.45) is 0 Å². The lowest BCUT2D eigenvalue weighted by Crippen LogP contribution is -2.15. The number of hydrogen-bond acceptors (Lipinski definition) is 4. The largest absolute Gasteiger partial charge is 0.478 e. The number of carbonyl (C=O) groups excluding carboxylic acids is 1. The molecule has 0 atom stereocenters. The standard InChI is InChI=1S/C24H17N3O3/c28-23(19-12-18(14-25-15-19)16-6-2-1-3-7-16)27-22-13-17(9-10-20(22)24(29)30)21-8-4-5-11-26-21/h1-15H,(H,27,28)(H,29,30). The second-order valence-corrected chi connectivity index (χ2v) is 6.56. The van der Waals surface area contributed by atoms with Crippen molar-refractivity contribution in [3.05, 3.63) is 103 Å². The third-order valence-electron chi connectivity index (χ3n) is 4.57. The Bertz CT molecular complexity index is 1210. The highest BCUT2D eigenvalue weighted by Gasteiger charge is 2.16. The number of benzene rings is 2. The summed E-state index contributed by atoms with van der Waals surface area (Å²) in [5, 5.41) is 12.2. The smallest absolute Gasteiger partial charge is 0.337 e. The molecule has 0 fully saturated rings. The van der Waals surface area contributed by atoms with Crippen molar-refractivity contribution in [2.75, 3.05) is 5.32 Å². The van der Waals surface area contributed by atoms with E-state index in [1.807, 2.05) is 42.5 Å². The topological polar surface area (TPSA) is 92.2 Å². The maximum absolute atomic E-state index is 12.9. The monoisotopic (exact) mass is 395 g/mol. The van der Waals surface area contributed by atoms with Crippen molar-refractivity contribution in [3.8, 4) is 22.4 Å². The zero-order chi connectivity index (χ0) is 20.9. The van der Waals surface area contributed by atoms with Gasteiger partial charge in [0.15, 0.2) is 0 Å². The average molecular weight is 395 g/mol. The normalized spacial score (nSPS) is 10.4. The van der Waals surface area contributed by atoms with Gasteiger partial charge in [-0.25, -0.2) is 4.79 Å². The number of rotatable bonds is 5. The van der Waals surface area contributed by atoms with Crippen LogP contribution in [0.15, 0.2) is 91.4 Å². The van der Waals surface area contributed by atoms with Crippen LogP contribution in [0.25, 0.3) is 22.4 Å². The number of aromatic nitrogens is 2. The Hall–Kier alpha value is -4.32. The first kappa shape index (κ1) is 19.0. The van der Waals surface area contributed by atoms with Gasteiger partial charge in [-0.1, -0.05) is 42.5 Å². The fourth-order valence-electron chi connectivity index (χ4n) is 3.07. The number of amides is 1. The number of hydrogen-bond donors (Lipinski definition) is 2. The van der Waals surface area contributed by atoms with E-state index in [1.165, 1.54) is 12.3 Å². The molecular formula is C24H17N3O3. The summed E-state index contributed by atoms with van der Waals surface area (Å²) < 4.78 is 0. The van der Waals surface area contributed by atoms with Crippen LogP contribution in [0.4, 0.5) is 5.69 Å². The van der Waals surface area contributed by atoms with Gasteiger partial charge in [0, 0.05) is 29.7 Å². The molecule has 6 heteroatoms. The van der Waals surface area contributed by atoms with Gasteiger partial charge in [-0.2, -0.15) is 0 Å². The molecule has 0 bridgehead atoms. The van der Waals surface area contributed by atoms with Crippen LogP contribution in [0.2, 0.25) is 0 Å². The zero-order valence-corrected chi connectivity index (χ0v) is 15.8. The lowest BCUT2D eigenvalue weighted by molar-refractivity contribution is 0.0698. The summed E-state index contributed by atoms with van der Waals surface area (Å²) in [7, 11) is 0. The van der Waals surface area contributed by atoms with E-state index in [2.05, 4.69) is 15.3 Å². The highest BCUT2D eigenvalue weighted by Crippen LogP contribution is 2.26. The average Bonchev–Trinajstić information content (AvgIpc) is 2.80. The molecule has 146 valence electrons. The van der Waals surface area contributed by atoms with Crippen LogP contribution >= 0.6 is 0 Å². The molecule has 0 aliphatic rings. The SMILES string of the molecule is O=C(Nc1cc(-c2ccccn2)ccc1C(=O)O)c1cncc(-c2ccccc2)c1. The maximum atomic E-state index is 12.9. The Balaban J connectivity index is 1.66. The molecule has 0 unspecified atom stereocenters. The molecule has 0 saturated heterocycles. The third-order valence-corrected chi connectivity index (χ3v) is 4.57. The molecule has 1 amide bonds. The molecule has 0 aliphatic heterocycles. The second kappa shape index (κ2) is 8.36. The number of carboxylic acid groups (broad SMARTS) is 1. The van der Waals surface area contributed by atoms with Gasteiger partial charge < -0.3 is 10.4 Å². The van der Waals surface area contributed by atoms with Crippen LogP contribution in [-0.4, -0.2) is 27.0 Å². The van der Waals surface area contributed by atoms with Gasteiger partial charge in [0.1, 0.15) is 0 Å². The fraction of sp³-hybridized carbons (Fsp3) is 0.